The van der Waals surface area contributed by atoms with Gasteiger partial charge in [0.15, 0.2) is 5.17 Å². The molecule has 0 aromatic carbocycles. The summed E-state index contributed by atoms with van der Waals surface area (Å²) >= 11 is 1.98. The van der Waals surface area contributed by atoms with Gasteiger partial charge in [-0.15, -0.1) is 0 Å². The molecule has 68 valence electrons. The lowest BCUT2D eigenvalue weighted by Gasteiger charge is -2.28. The van der Waals surface area contributed by atoms with Crippen molar-refractivity contribution in [1.29, 1.82) is 0 Å². The standard InChI is InChI=1S/C9H16N2S/c1-10-9-11(2)7-5-3-4-6-8(7)12-9/h7-8H,3-6H2,1-2H3. The maximum absolute atomic E-state index is 4.30. The largest absolute Gasteiger partial charge is 0.350 e. The molecule has 2 aliphatic rings. The molecule has 0 bridgehead atoms. The van der Waals surface area contributed by atoms with Crippen LogP contribution in [0.1, 0.15) is 25.7 Å². The van der Waals surface area contributed by atoms with Crippen LogP contribution in [0.15, 0.2) is 4.99 Å². The van der Waals surface area contributed by atoms with Crippen LogP contribution in [0.2, 0.25) is 0 Å². The van der Waals surface area contributed by atoms with Crippen molar-refractivity contribution in [1.82, 2.24) is 4.90 Å². The normalized spacial score (nSPS) is 38.8. The molecule has 1 saturated carbocycles. The molecule has 0 aromatic rings. The Labute approximate surface area is 78.4 Å². The molecule has 0 aromatic heterocycles. The molecular formula is C9H16N2S. The summed E-state index contributed by atoms with van der Waals surface area (Å²) in [5.41, 5.74) is 0. The molecule has 0 N–H and O–H groups in total. The molecular weight excluding hydrogens is 168 g/mol. The topological polar surface area (TPSA) is 15.6 Å². The fraction of sp³-hybridized carbons (Fsp3) is 0.889. The first-order chi connectivity index (χ1) is 5.83. The van der Waals surface area contributed by atoms with Crippen LogP contribution in [0.3, 0.4) is 0 Å². The molecule has 2 rings (SSSR count). The smallest absolute Gasteiger partial charge is 0.159 e. The second kappa shape index (κ2) is 3.29. The van der Waals surface area contributed by atoms with Crippen molar-refractivity contribution in [3.8, 4) is 0 Å². The van der Waals surface area contributed by atoms with Gasteiger partial charge in [0.05, 0.1) is 0 Å². The van der Waals surface area contributed by atoms with Gasteiger partial charge in [0.2, 0.25) is 0 Å². The number of amidine groups is 1. The zero-order valence-electron chi connectivity index (χ0n) is 7.79. The molecule has 0 spiro atoms. The van der Waals surface area contributed by atoms with E-state index in [1.807, 2.05) is 18.8 Å². The maximum Gasteiger partial charge on any atom is 0.159 e. The lowest BCUT2D eigenvalue weighted by molar-refractivity contribution is 0.302. The average molecular weight is 184 g/mol. The molecule has 0 amide bonds. The van der Waals surface area contributed by atoms with E-state index in [4.69, 9.17) is 0 Å². The Bertz CT molecular complexity index is 203. The molecule has 1 saturated heterocycles. The first-order valence-corrected chi connectivity index (χ1v) is 5.57. The summed E-state index contributed by atoms with van der Waals surface area (Å²) in [7, 11) is 4.08. The van der Waals surface area contributed by atoms with E-state index in [0.29, 0.717) is 0 Å². The van der Waals surface area contributed by atoms with Crippen molar-refractivity contribution in [3.63, 3.8) is 0 Å². The van der Waals surface area contributed by atoms with E-state index in [1.165, 1.54) is 30.9 Å². The highest BCUT2D eigenvalue weighted by Crippen LogP contribution is 2.39. The summed E-state index contributed by atoms with van der Waals surface area (Å²) in [6, 6.07) is 0.780. The van der Waals surface area contributed by atoms with E-state index in [9.17, 15) is 0 Å². The van der Waals surface area contributed by atoms with E-state index in [1.54, 1.807) is 0 Å². The molecule has 3 heteroatoms. The SMILES string of the molecule is CN=C1SC2CCCCC2N1C. The molecule has 2 unspecified atom stereocenters. The highest BCUT2D eigenvalue weighted by Gasteiger charge is 2.37. The van der Waals surface area contributed by atoms with Crippen molar-refractivity contribution in [2.75, 3.05) is 14.1 Å². The maximum atomic E-state index is 4.30. The Morgan fingerprint density at radius 1 is 1.42 bits per heavy atom. The minimum Gasteiger partial charge on any atom is -0.350 e. The van der Waals surface area contributed by atoms with Crippen LogP contribution in [0, 0.1) is 0 Å². The molecule has 2 fully saturated rings. The van der Waals surface area contributed by atoms with Gasteiger partial charge >= 0.3 is 0 Å². The van der Waals surface area contributed by atoms with Gasteiger partial charge in [-0.3, -0.25) is 4.99 Å². The third-order valence-electron chi connectivity index (χ3n) is 2.91. The Hall–Kier alpha value is -0.180. The van der Waals surface area contributed by atoms with Gasteiger partial charge in [0.25, 0.3) is 0 Å². The lowest BCUT2D eigenvalue weighted by Crippen LogP contribution is -2.35. The highest BCUT2D eigenvalue weighted by atomic mass is 32.2. The molecule has 1 heterocycles. The van der Waals surface area contributed by atoms with Gasteiger partial charge in [0, 0.05) is 25.4 Å². The average Bonchev–Trinajstić information content (AvgIpc) is 2.44. The lowest BCUT2D eigenvalue weighted by atomic mass is 9.94. The Morgan fingerprint density at radius 2 is 2.17 bits per heavy atom. The fourth-order valence-electron chi connectivity index (χ4n) is 2.23. The molecule has 1 aliphatic heterocycles. The number of fused-ring (bicyclic) bond motifs is 1. The van der Waals surface area contributed by atoms with Crippen LogP contribution in [0.25, 0.3) is 0 Å². The first kappa shape index (κ1) is 8.42. The third kappa shape index (κ3) is 1.24. The number of rotatable bonds is 0. The third-order valence-corrected chi connectivity index (χ3v) is 4.45. The molecule has 2 atom stereocenters. The van der Waals surface area contributed by atoms with Crippen molar-refractivity contribution >= 4 is 16.9 Å². The summed E-state index contributed by atoms with van der Waals surface area (Å²) in [6.45, 7) is 0. The van der Waals surface area contributed by atoms with Gasteiger partial charge in [-0.2, -0.15) is 0 Å². The van der Waals surface area contributed by atoms with Crippen molar-refractivity contribution in [3.05, 3.63) is 0 Å². The van der Waals surface area contributed by atoms with Gasteiger partial charge in [-0.1, -0.05) is 24.6 Å². The molecule has 12 heavy (non-hydrogen) atoms. The van der Waals surface area contributed by atoms with Gasteiger partial charge in [-0.05, 0) is 12.8 Å². The number of hydrogen-bond acceptors (Lipinski definition) is 2. The Balaban J connectivity index is 2.13. The Morgan fingerprint density at radius 3 is 2.83 bits per heavy atom. The van der Waals surface area contributed by atoms with E-state index >= 15 is 0 Å². The van der Waals surface area contributed by atoms with E-state index in [2.05, 4.69) is 16.9 Å². The second-order valence-electron chi connectivity index (χ2n) is 3.63. The fourth-order valence-corrected chi connectivity index (χ4v) is 3.67. The minimum absolute atomic E-state index is 0.780. The van der Waals surface area contributed by atoms with Crippen LogP contribution in [-0.2, 0) is 0 Å². The van der Waals surface area contributed by atoms with Crippen LogP contribution in [0.5, 0.6) is 0 Å². The van der Waals surface area contributed by atoms with Crippen molar-refractivity contribution in [2.45, 2.75) is 37.0 Å². The summed E-state index contributed by atoms with van der Waals surface area (Å²) in [5, 5.41) is 2.08. The van der Waals surface area contributed by atoms with Crippen LogP contribution < -0.4 is 0 Å². The zero-order valence-corrected chi connectivity index (χ0v) is 8.60. The van der Waals surface area contributed by atoms with E-state index < -0.39 is 0 Å². The monoisotopic (exact) mass is 184 g/mol. The number of hydrogen-bond donors (Lipinski definition) is 0. The quantitative estimate of drug-likeness (QED) is 0.572. The van der Waals surface area contributed by atoms with E-state index in [-0.39, 0.29) is 0 Å². The summed E-state index contributed by atoms with van der Waals surface area (Å²) in [4.78, 5) is 6.67. The Kier molecular flexibility index (Phi) is 2.31. The van der Waals surface area contributed by atoms with Gasteiger partial charge < -0.3 is 4.90 Å². The van der Waals surface area contributed by atoms with Crippen LogP contribution >= 0.6 is 11.8 Å². The number of nitrogens with zero attached hydrogens (tertiary/aromatic N) is 2. The number of aliphatic imine (C=N–C) groups is 1. The van der Waals surface area contributed by atoms with Crippen molar-refractivity contribution < 1.29 is 0 Å². The summed E-state index contributed by atoms with van der Waals surface area (Å²) < 4.78 is 0. The minimum atomic E-state index is 0.780. The van der Waals surface area contributed by atoms with Crippen molar-refractivity contribution in [2.24, 2.45) is 4.99 Å². The highest BCUT2D eigenvalue weighted by molar-refractivity contribution is 8.14. The molecule has 2 nitrogen and oxygen atoms in total. The van der Waals surface area contributed by atoms with E-state index in [0.717, 1.165) is 11.3 Å². The molecule has 1 aliphatic carbocycles. The summed E-state index contributed by atoms with van der Waals surface area (Å²) in [6.07, 6.45) is 5.58. The van der Waals surface area contributed by atoms with Gasteiger partial charge in [0.1, 0.15) is 0 Å². The molecule has 0 radical (unpaired) electrons. The number of thioether (sulfide) groups is 1. The second-order valence-corrected chi connectivity index (χ2v) is 4.83. The van der Waals surface area contributed by atoms with Gasteiger partial charge in [-0.25, -0.2) is 0 Å². The predicted molar refractivity (Wildman–Crippen MR) is 54.8 cm³/mol. The first-order valence-electron chi connectivity index (χ1n) is 4.69. The summed E-state index contributed by atoms with van der Waals surface area (Å²) in [5.74, 6) is 0. The predicted octanol–water partition coefficient (Wildman–Crippen LogP) is 1.96. The van der Waals surface area contributed by atoms with Crippen LogP contribution in [0.4, 0.5) is 0 Å². The zero-order chi connectivity index (χ0) is 8.55. The van der Waals surface area contributed by atoms with Crippen LogP contribution in [-0.4, -0.2) is 35.5 Å².